The Morgan fingerprint density at radius 3 is 2.76 bits per heavy atom. The standard InChI is InChI=1S/C17H20N6O8S2/c1-22(2-3-24)17(29)31-4-7-5-32-14-10(13(26)23(14)11(7)15(27)28)20-12(25)9(21-30)8-6-33-16(18)19-8/h6,10,14,24,30H,2-5H2,1H3,(H2,18,19)(H,20,25)(H,27,28)/b21-9-/t10-,14-/m1/s1. The Hall–Kier alpha value is -3.37. The fourth-order valence-corrected chi connectivity index (χ4v) is 4.99. The number of aliphatic hydroxyl groups excluding tert-OH is 1. The number of carboxylic acid groups (broad SMARTS) is 1. The molecule has 3 heterocycles. The zero-order valence-corrected chi connectivity index (χ0v) is 18.8. The smallest absolute Gasteiger partial charge is 0.409 e. The number of amides is 3. The highest BCUT2D eigenvalue weighted by Gasteiger charge is 2.54. The minimum absolute atomic E-state index is 0.0267. The van der Waals surface area contributed by atoms with Gasteiger partial charge in [-0.1, -0.05) is 5.16 Å². The van der Waals surface area contributed by atoms with Gasteiger partial charge in [0.05, 0.1) is 6.61 Å². The predicted octanol–water partition coefficient (Wildman–Crippen LogP) is -1.30. The van der Waals surface area contributed by atoms with Gasteiger partial charge in [0.25, 0.3) is 11.8 Å². The quantitative estimate of drug-likeness (QED) is 0.123. The van der Waals surface area contributed by atoms with E-state index in [9.17, 15) is 29.5 Å². The lowest BCUT2D eigenvalue weighted by Crippen LogP contribution is -2.71. The number of nitrogens with one attached hydrogen (secondary N) is 1. The normalized spacial score (nSPS) is 20.1. The second kappa shape index (κ2) is 10.1. The monoisotopic (exact) mass is 500 g/mol. The van der Waals surface area contributed by atoms with Crippen LogP contribution >= 0.6 is 23.1 Å². The minimum Gasteiger partial charge on any atom is -0.477 e. The summed E-state index contributed by atoms with van der Waals surface area (Å²) in [6, 6.07) is -1.07. The number of fused-ring (bicyclic) bond motifs is 1. The molecule has 14 nitrogen and oxygen atoms in total. The molecule has 0 aromatic carbocycles. The molecule has 1 saturated heterocycles. The number of thiazole rings is 1. The van der Waals surface area contributed by atoms with E-state index in [4.69, 9.17) is 15.6 Å². The number of aromatic nitrogens is 1. The third-order valence-corrected chi connectivity index (χ3v) is 6.75. The van der Waals surface area contributed by atoms with Crippen molar-refractivity contribution < 1.29 is 39.3 Å². The number of hydrogen-bond donors (Lipinski definition) is 5. The van der Waals surface area contributed by atoms with Gasteiger partial charge >= 0.3 is 12.1 Å². The number of ether oxygens (including phenoxy) is 1. The summed E-state index contributed by atoms with van der Waals surface area (Å²) in [6.07, 6.45) is -0.757. The summed E-state index contributed by atoms with van der Waals surface area (Å²) in [5, 5.41) is 33.9. The predicted molar refractivity (Wildman–Crippen MR) is 116 cm³/mol. The first-order valence-corrected chi connectivity index (χ1v) is 11.3. The molecule has 2 atom stereocenters. The molecule has 0 unspecified atom stereocenters. The number of thioether (sulfide) groups is 1. The van der Waals surface area contributed by atoms with E-state index in [1.165, 1.54) is 24.2 Å². The van der Waals surface area contributed by atoms with Gasteiger partial charge in [0, 0.05) is 30.3 Å². The van der Waals surface area contributed by atoms with Gasteiger partial charge < -0.3 is 36.1 Å². The molecule has 3 rings (SSSR count). The number of likely N-dealkylation sites (N-methyl/N-ethyl adjacent to an activating group) is 1. The minimum atomic E-state index is -1.39. The highest BCUT2D eigenvalue weighted by Crippen LogP contribution is 2.40. The molecule has 6 N–H and O–H groups in total. The Kier molecular flexibility index (Phi) is 7.39. The number of nitrogens with zero attached hydrogens (tertiary/aromatic N) is 4. The van der Waals surface area contributed by atoms with Crippen LogP contribution in [-0.4, -0.2) is 104 Å². The van der Waals surface area contributed by atoms with E-state index in [2.05, 4.69) is 15.5 Å². The molecule has 1 fully saturated rings. The fourth-order valence-electron chi connectivity index (χ4n) is 3.11. The molecule has 2 aliphatic heterocycles. The Morgan fingerprint density at radius 2 is 2.18 bits per heavy atom. The van der Waals surface area contributed by atoms with Gasteiger partial charge in [0.15, 0.2) is 10.8 Å². The van der Waals surface area contributed by atoms with Gasteiger partial charge in [-0.3, -0.25) is 14.5 Å². The van der Waals surface area contributed by atoms with Gasteiger partial charge in [-0.05, 0) is 0 Å². The first-order chi connectivity index (χ1) is 15.7. The van der Waals surface area contributed by atoms with Crippen molar-refractivity contribution >= 4 is 57.8 Å². The van der Waals surface area contributed by atoms with Crippen molar-refractivity contribution in [2.45, 2.75) is 11.4 Å². The van der Waals surface area contributed by atoms with E-state index < -0.39 is 41.0 Å². The molecule has 1 aromatic heterocycles. The molecular weight excluding hydrogens is 480 g/mol. The molecule has 0 spiro atoms. The summed E-state index contributed by atoms with van der Waals surface area (Å²) >= 11 is 2.20. The lowest BCUT2D eigenvalue weighted by molar-refractivity contribution is -0.150. The lowest BCUT2D eigenvalue weighted by Gasteiger charge is -2.49. The van der Waals surface area contributed by atoms with Crippen molar-refractivity contribution in [1.82, 2.24) is 20.1 Å². The largest absolute Gasteiger partial charge is 0.477 e. The highest BCUT2D eigenvalue weighted by molar-refractivity contribution is 8.00. The molecule has 0 bridgehead atoms. The van der Waals surface area contributed by atoms with E-state index in [1.54, 1.807) is 0 Å². The van der Waals surface area contributed by atoms with Gasteiger partial charge in [-0.2, -0.15) is 0 Å². The highest BCUT2D eigenvalue weighted by atomic mass is 32.2. The van der Waals surface area contributed by atoms with Gasteiger partial charge in [0.2, 0.25) is 0 Å². The van der Waals surface area contributed by atoms with Gasteiger partial charge in [-0.15, -0.1) is 23.1 Å². The molecule has 0 saturated carbocycles. The van der Waals surface area contributed by atoms with Crippen LogP contribution in [0.15, 0.2) is 21.8 Å². The number of carbonyl (C=O) groups is 4. The van der Waals surface area contributed by atoms with Crippen LogP contribution in [-0.2, 0) is 19.1 Å². The number of carboxylic acids is 1. The van der Waals surface area contributed by atoms with E-state index in [-0.39, 0.29) is 47.6 Å². The Labute approximate surface area is 194 Å². The number of nitrogens with two attached hydrogens (primary N) is 1. The molecule has 16 heteroatoms. The average molecular weight is 501 g/mol. The second-order valence-electron chi connectivity index (χ2n) is 6.84. The maximum absolute atomic E-state index is 12.7. The number of oxime groups is 1. The van der Waals surface area contributed by atoms with Crippen LogP contribution in [0.25, 0.3) is 0 Å². The number of rotatable bonds is 8. The first-order valence-electron chi connectivity index (χ1n) is 9.32. The number of carbonyl (C=O) groups excluding carboxylic acids is 3. The number of aliphatic carboxylic acids is 1. The number of anilines is 1. The van der Waals surface area contributed by atoms with Crippen LogP contribution in [0.4, 0.5) is 9.93 Å². The number of β-lactam (4-membered cyclic amide) rings is 1. The Bertz CT molecular complexity index is 1040. The maximum atomic E-state index is 12.7. The van der Waals surface area contributed by atoms with E-state index in [1.807, 2.05) is 0 Å². The zero-order valence-electron chi connectivity index (χ0n) is 17.1. The van der Waals surface area contributed by atoms with Gasteiger partial charge in [0.1, 0.15) is 29.4 Å². The molecule has 33 heavy (non-hydrogen) atoms. The molecule has 1 aromatic rings. The summed E-state index contributed by atoms with van der Waals surface area (Å²) in [6.45, 7) is -0.581. The van der Waals surface area contributed by atoms with Crippen molar-refractivity contribution in [3.8, 4) is 0 Å². The van der Waals surface area contributed by atoms with Crippen LogP contribution in [0.1, 0.15) is 5.69 Å². The summed E-state index contributed by atoms with van der Waals surface area (Å²) in [7, 11) is 1.41. The third kappa shape index (κ3) is 4.86. The van der Waals surface area contributed by atoms with Gasteiger partial charge in [-0.25, -0.2) is 14.6 Å². The Balaban J connectivity index is 1.71. The van der Waals surface area contributed by atoms with E-state index >= 15 is 0 Å². The molecular formula is C17H20N6O8S2. The average Bonchev–Trinajstić information content (AvgIpc) is 3.21. The fraction of sp³-hybridized carbons (Fsp3) is 0.412. The lowest BCUT2D eigenvalue weighted by atomic mass is 10.0. The summed E-state index contributed by atoms with van der Waals surface area (Å²) < 4.78 is 5.08. The summed E-state index contributed by atoms with van der Waals surface area (Å²) in [5.41, 5.74) is 4.99. The molecule has 3 amide bonds. The molecule has 2 aliphatic rings. The van der Waals surface area contributed by atoms with Crippen LogP contribution in [0.5, 0.6) is 0 Å². The van der Waals surface area contributed by atoms with Crippen molar-refractivity contribution in [1.29, 1.82) is 0 Å². The van der Waals surface area contributed by atoms with Crippen LogP contribution < -0.4 is 11.1 Å². The van der Waals surface area contributed by atoms with Crippen molar-refractivity contribution in [3.05, 3.63) is 22.3 Å². The molecule has 0 radical (unpaired) electrons. The second-order valence-corrected chi connectivity index (χ2v) is 8.83. The molecule has 178 valence electrons. The summed E-state index contributed by atoms with van der Waals surface area (Å²) in [4.78, 5) is 55.0. The first kappa shape index (κ1) is 24.3. The maximum Gasteiger partial charge on any atom is 0.409 e. The summed E-state index contributed by atoms with van der Waals surface area (Å²) in [5.74, 6) is -2.82. The van der Waals surface area contributed by atoms with Crippen LogP contribution in [0.2, 0.25) is 0 Å². The number of aliphatic hydroxyl groups is 1. The van der Waals surface area contributed by atoms with Crippen LogP contribution in [0.3, 0.4) is 0 Å². The van der Waals surface area contributed by atoms with Crippen molar-refractivity contribution in [2.24, 2.45) is 5.16 Å². The third-order valence-electron chi connectivity index (χ3n) is 4.73. The van der Waals surface area contributed by atoms with E-state index in [0.717, 1.165) is 21.1 Å². The molecule has 0 aliphatic carbocycles. The zero-order chi connectivity index (χ0) is 24.3. The topological polar surface area (TPSA) is 208 Å². The van der Waals surface area contributed by atoms with Crippen molar-refractivity contribution in [2.75, 3.05) is 38.3 Å². The van der Waals surface area contributed by atoms with Crippen molar-refractivity contribution in [3.63, 3.8) is 0 Å². The number of hydrogen-bond acceptors (Lipinski definition) is 12. The van der Waals surface area contributed by atoms with E-state index in [0.29, 0.717) is 0 Å². The van der Waals surface area contributed by atoms with Crippen LogP contribution in [0, 0.1) is 0 Å². The Morgan fingerprint density at radius 1 is 1.45 bits per heavy atom. The number of nitrogen functional groups attached to an aromatic ring is 1. The SMILES string of the molecule is CN(CCO)C(=O)OCC1=C(C(=O)O)N2C(=O)[C@@H](NC(=O)/C(=N\O)c3csc(N)n3)[C@H]2SC1.